The monoisotopic (exact) mass is 274 g/mol. The number of aromatic carboxylic acids is 1. The molecule has 5 nitrogen and oxygen atoms in total. The Morgan fingerprint density at radius 2 is 2.15 bits per heavy atom. The number of carboxylic acid groups (broad SMARTS) is 1. The van der Waals surface area contributed by atoms with Crippen molar-refractivity contribution in [2.45, 2.75) is 13.3 Å². The molecule has 2 aliphatic rings. The number of nitrogens with zero attached hydrogens (tertiary/aromatic N) is 1. The lowest BCUT2D eigenvalue weighted by molar-refractivity contribution is -0.122. The highest BCUT2D eigenvalue weighted by molar-refractivity contribution is 5.99. The number of anilines is 1. The molecule has 0 aromatic heterocycles. The lowest BCUT2D eigenvalue weighted by atomic mass is 9.96. The lowest BCUT2D eigenvalue weighted by Gasteiger charge is -2.23. The van der Waals surface area contributed by atoms with Gasteiger partial charge in [-0.05, 0) is 36.6 Å². The first kappa shape index (κ1) is 13.1. The molecule has 1 saturated heterocycles. The second-order valence-electron chi connectivity index (χ2n) is 5.63. The summed E-state index contributed by atoms with van der Waals surface area (Å²) in [5.74, 6) is -0.518. The summed E-state index contributed by atoms with van der Waals surface area (Å²) in [7, 11) is 0. The third-order valence-electron chi connectivity index (χ3n) is 4.33. The number of nitrogens with one attached hydrogen (secondary N) is 1. The Kier molecular flexibility index (Phi) is 3.22. The first-order valence-corrected chi connectivity index (χ1v) is 6.96. The van der Waals surface area contributed by atoms with Crippen molar-refractivity contribution in [3.63, 3.8) is 0 Å². The fraction of sp³-hybridized carbons (Fsp3) is 0.467. The van der Waals surface area contributed by atoms with Gasteiger partial charge in [-0.25, -0.2) is 4.79 Å². The molecular weight excluding hydrogens is 256 g/mol. The van der Waals surface area contributed by atoms with Crippen molar-refractivity contribution in [1.29, 1.82) is 0 Å². The number of benzene rings is 1. The molecule has 2 heterocycles. The molecule has 0 spiro atoms. The molecule has 1 aromatic rings. The van der Waals surface area contributed by atoms with E-state index in [-0.39, 0.29) is 17.4 Å². The van der Waals surface area contributed by atoms with Crippen molar-refractivity contribution < 1.29 is 14.7 Å². The van der Waals surface area contributed by atoms with Gasteiger partial charge < -0.3 is 15.3 Å². The summed E-state index contributed by atoms with van der Waals surface area (Å²) in [5, 5.41) is 12.3. The Bertz CT molecular complexity index is 570. The van der Waals surface area contributed by atoms with Crippen LogP contribution in [0.3, 0.4) is 0 Å². The first-order chi connectivity index (χ1) is 9.58. The second kappa shape index (κ2) is 4.90. The zero-order valence-corrected chi connectivity index (χ0v) is 11.4. The Morgan fingerprint density at radius 3 is 2.80 bits per heavy atom. The van der Waals surface area contributed by atoms with Crippen LogP contribution in [0.4, 0.5) is 5.69 Å². The summed E-state index contributed by atoms with van der Waals surface area (Å²) in [6.45, 7) is 4.31. The Morgan fingerprint density at radius 1 is 1.35 bits per heavy atom. The summed E-state index contributed by atoms with van der Waals surface area (Å²) in [5.41, 5.74) is 2.07. The van der Waals surface area contributed by atoms with Gasteiger partial charge in [-0.1, -0.05) is 13.0 Å². The van der Waals surface area contributed by atoms with E-state index in [9.17, 15) is 9.59 Å². The fourth-order valence-electron chi connectivity index (χ4n) is 3.08. The van der Waals surface area contributed by atoms with Gasteiger partial charge in [0.2, 0.25) is 5.91 Å². The van der Waals surface area contributed by atoms with Crippen molar-refractivity contribution in [1.82, 2.24) is 5.32 Å². The molecule has 2 atom stereocenters. The van der Waals surface area contributed by atoms with Gasteiger partial charge in [0.05, 0.1) is 11.5 Å². The minimum Gasteiger partial charge on any atom is -0.478 e. The largest absolute Gasteiger partial charge is 0.478 e. The van der Waals surface area contributed by atoms with Gasteiger partial charge in [0.15, 0.2) is 0 Å². The quantitative estimate of drug-likeness (QED) is 0.848. The number of hydrogen-bond acceptors (Lipinski definition) is 3. The van der Waals surface area contributed by atoms with Gasteiger partial charge in [-0.15, -0.1) is 0 Å². The molecule has 0 unspecified atom stereocenters. The lowest BCUT2D eigenvalue weighted by Crippen LogP contribution is -2.37. The van der Waals surface area contributed by atoms with Crippen molar-refractivity contribution in [3.8, 4) is 0 Å². The molecular formula is C15H18N2O3. The van der Waals surface area contributed by atoms with Crippen LogP contribution in [0.2, 0.25) is 0 Å². The Labute approximate surface area is 117 Å². The minimum absolute atomic E-state index is 0.00515. The molecule has 2 N–H and O–H groups in total. The Balaban J connectivity index is 1.90. The van der Waals surface area contributed by atoms with Gasteiger partial charge in [-0.2, -0.15) is 0 Å². The van der Waals surface area contributed by atoms with Crippen molar-refractivity contribution >= 4 is 17.6 Å². The number of carbonyl (C=O) groups is 2. The molecule has 0 saturated carbocycles. The molecule has 1 amide bonds. The molecule has 3 rings (SSSR count). The maximum atomic E-state index is 12.6. The molecule has 0 aliphatic carbocycles. The summed E-state index contributed by atoms with van der Waals surface area (Å²) >= 11 is 0. The summed E-state index contributed by atoms with van der Waals surface area (Å²) in [6, 6.07) is 5.05. The van der Waals surface area contributed by atoms with E-state index in [4.69, 9.17) is 5.11 Å². The fourth-order valence-corrected chi connectivity index (χ4v) is 3.08. The van der Waals surface area contributed by atoms with Gasteiger partial charge in [0.25, 0.3) is 0 Å². The molecule has 1 fully saturated rings. The van der Waals surface area contributed by atoms with Crippen LogP contribution < -0.4 is 10.2 Å². The van der Waals surface area contributed by atoms with E-state index in [0.717, 1.165) is 24.2 Å². The minimum atomic E-state index is -0.956. The third kappa shape index (κ3) is 2.08. The SMILES string of the molecule is C[C@@H]1CNC[C@H]1C(=O)N1CCc2ccc(C(=O)O)cc21. The standard InChI is InChI=1S/C15H18N2O3/c1-9-7-16-8-12(9)14(18)17-5-4-10-2-3-11(15(19)20)6-13(10)17/h2-3,6,9,12,16H,4-5,7-8H2,1H3,(H,19,20)/t9-,12-/m1/s1. The topological polar surface area (TPSA) is 69.6 Å². The molecule has 2 aliphatic heterocycles. The van der Waals surface area contributed by atoms with Crippen LogP contribution in [0.15, 0.2) is 18.2 Å². The molecule has 0 radical (unpaired) electrons. The zero-order valence-electron chi connectivity index (χ0n) is 11.4. The number of rotatable bonds is 2. The van der Waals surface area contributed by atoms with Gasteiger partial charge in [0, 0.05) is 18.8 Å². The van der Waals surface area contributed by atoms with Crippen LogP contribution in [0.1, 0.15) is 22.8 Å². The summed E-state index contributed by atoms with van der Waals surface area (Å²) in [4.78, 5) is 25.5. The number of carbonyl (C=O) groups excluding carboxylic acids is 1. The van der Waals surface area contributed by atoms with Crippen LogP contribution in [-0.2, 0) is 11.2 Å². The highest BCUT2D eigenvalue weighted by atomic mass is 16.4. The van der Waals surface area contributed by atoms with E-state index in [1.807, 2.05) is 6.07 Å². The van der Waals surface area contributed by atoms with Crippen LogP contribution in [0, 0.1) is 11.8 Å². The molecule has 5 heteroatoms. The van der Waals surface area contributed by atoms with E-state index in [0.29, 0.717) is 19.0 Å². The molecule has 1 aromatic carbocycles. The van der Waals surface area contributed by atoms with Gasteiger partial charge >= 0.3 is 5.97 Å². The van der Waals surface area contributed by atoms with Crippen LogP contribution in [0.5, 0.6) is 0 Å². The van der Waals surface area contributed by atoms with E-state index in [1.165, 1.54) is 0 Å². The maximum Gasteiger partial charge on any atom is 0.335 e. The van der Waals surface area contributed by atoms with Gasteiger partial charge in [-0.3, -0.25) is 4.79 Å². The third-order valence-corrected chi connectivity index (χ3v) is 4.33. The average molecular weight is 274 g/mol. The number of carboxylic acids is 1. The van der Waals surface area contributed by atoms with Crippen LogP contribution in [-0.4, -0.2) is 36.6 Å². The summed E-state index contributed by atoms with van der Waals surface area (Å²) < 4.78 is 0. The smallest absolute Gasteiger partial charge is 0.335 e. The number of fused-ring (bicyclic) bond motifs is 1. The first-order valence-electron chi connectivity index (χ1n) is 6.96. The van der Waals surface area contributed by atoms with Crippen molar-refractivity contribution in [2.24, 2.45) is 11.8 Å². The van der Waals surface area contributed by atoms with E-state index < -0.39 is 5.97 Å². The highest BCUT2D eigenvalue weighted by Crippen LogP contribution is 2.32. The Hall–Kier alpha value is -1.88. The predicted octanol–water partition coefficient (Wildman–Crippen LogP) is 1.13. The van der Waals surface area contributed by atoms with Crippen LogP contribution >= 0.6 is 0 Å². The highest BCUT2D eigenvalue weighted by Gasteiger charge is 2.35. The normalized spacial score (nSPS) is 24.8. The zero-order chi connectivity index (χ0) is 14.3. The molecule has 20 heavy (non-hydrogen) atoms. The van der Waals surface area contributed by atoms with E-state index in [2.05, 4.69) is 12.2 Å². The van der Waals surface area contributed by atoms with E-state index >= 15 is 0 Å². The van der Waals surface area contributed by atoms with Crippen molar-refractivity contribution in [2.75, 3.05) is 24.5 Å². The van der Waals surface area contributed by atoms with Gasteiger partial charge in [0.1, 0.15) is 0 Å². The van der Waals surface area contributed by atoms with Crippen LogP contribution in [0.25, 0.3) is 0 Å². The molecule has 0 bridgehead atoms. The molecule has 106 valence electrons. The van der Waals surface area contributed by atoms with E-state index in [1.54, 1.807) is 17.0 Å². The predicted molar refractivity (Wildman–Crippen MR) is 75.0 cm³/mol. The summed E-state index contributed by atoms with van der Waals surface area (Å²) in [6.07, 6.45) is 0.801. The van der Waals surface area contributed by atoms with Crippen molar-refractivity contribution in [3.05, 3.63) is 29.3 Å². The number of hydrogen-bond donors (Lipinski definition) is 2. The second-order valence-corrected chi connectivity index (χ2v) is 5.63. The maximum absolute atomic E-state index is 12.6. The number of amides is 1. The average Bonchev–Trinajstić information content (AvgIpc) is 3.03.